The molecule has 0 N–H and O–H groups in total. The summed E-state index contributed by atoms with van der Waals surface area (Å²) >= 11 is 0. The fourth-order valence-corrected chi connectivity index (χ4v) is 4.08. The van der Waals surface area contributed by atoms with E-state index in [1.807, 2.05) is 0 Å². The van der Waals surface area contributed by atoms with Crippen LogP contribution in [0.4, 0.5) is 0 Å². The number of unbranched alkanes of at least 4 members (excludes halogenated alkanes) is 4. The minimum absolute atomic E-state index is 0.405. The van der Waals surface area contributed by atoms with Gasteiger partial charge in [0.1, 0.15) is 0 Å². The second kappa shape index (κ2) is 11.3. The van der Waals surface area contributed by atoms with Crippen LogP contribution in [-0.4, -0.2) is 23.4 Å². The first-order chi connectivity index (χ1) is 12.2. The summed E-state index contributed by atoms with van der Waals surface area (Å²) in [5.74, 6) is 1.09. The van der Waals surface area contributed by atoms with Crippen LogP contribution in [0.1, 0.15) is 83.6 Å². The predicted octanol–water partition coefficient (Wildman–Crippen LogP) is 6.00. The predicted molar refractivity (Wildman–Crippen MR) is 107 cm³/mol. The number of rotatable bonds is 11. The van der Waals surface area contributed by atoms with Crippen molar-refractivity contribution in [3.05, 3.63) is 35.9 Å². The lowest BCUT2D eigenvalue weighted by Gasteiger charge is -2.36. The molecule has 1 saturated heterocycles. The van der Waals surface area contributed by atoms with Crippen molar-refractivity contribution in [1.29, 1.82) is 0 Å². The Morgan fingerprint density at radius 2 is 1.88 bits per heavy atom. The van der Waals surface area contributed by atoms with E-state index in [2.05, 4.69) is 49.1 Å². The van der Waals surface area contributed by atoms with Crippen molar-refractivity contribution in [2.75, 3.05) is 6.54 Å². The maximum Gasteiger partial charge on any atom is 0.222 e. The van der Waals surface area contributed by atoms with Gasteiger partial charge in [-0.3, -0.25) is 4.79 Å². The summed E-state index contributed by atoms with van der Waals surface area (Å²) in [6.07, 6.45) is 13.0. The first-order valence-electron chi connectivity index (χ1n) is 10.5. The zero-order valence-electron chi connectivity index (χ0n) is 16.4. The molecule has 140 valence electrons. The minimum atomic E-state index is 0.405. The number of benzene rings is 1. The number of piperidine rings is 1. The van der Waals surface area contributed by atoms with Crippen LogP contribution < -0.4 is 0 Å². The van der Waals surface area contributed by atoms with Crippen LogP contribution in [-0.2, 0) is 11.2 Å². The minimum Gasteiger partial charge on any atom is -0.340 e. The Kier molecular flexibility index (Phi) is 9.07. The average molecular weight is 344 g/mol. The molecule has 1 heterocycles. The van der Waals surface area contributed by atoms with Gasteiger partial charge in [-0.2, -0.15) is 0 Å². The molecule has 1 fully saturated rings. The molecule has 0 saturated carbocycles. The number of hydrogen-bond acceptors (Lipinski definition) is 1. The fraction of sp³-hybridized carbons (Fsp3) is 0.696. The van der Waals surface area contributed by atoms with E-state index >= 15 is 0 Å². The van der Waals surface area contributed by atoms with E-state index in [4.69, 9.17) is 0 Å². The Morgan fingerprint density at radius 3 is 2.64 bits per heavy atom. The van der Waals surface area contributed by atoms with Gasteiger partial charge >= 0.3 is 0 Å². The summed E-state index contributed by atoms with van der Waals surface area (Å²) in [7, 11) is 0. The maximum atomic E-state index is 12.4. The van der Waals surface area contributed by atoms with E-state index < -0.39 is 0 Å². The second-order valence-electron chi connectivity index (χ2n) is 7.92. The third-order valence-electron chi connectivity index (χ3n) is 5.61. The lowest BCUT2D eigenvalue weighted by atomic mass is 9.90. The highest BCUT2D eigenvalue weighted by Gasteiger charge is 2.27. The van der Waals surface area contributed by atoms with Gasteiger partial charge in [-0.05, 0) is 50.0 Å². The molecule has 2 rings (SSSR count). The van der Waals surface area contributed by atoms with Gasteiger partial charge in [-0.1, -0.05) is 69.9 Å². The van der Waals surface area contributed by atoms with Gasteiger partial charge in [0, 0.05) is 19.0 Å². The summed E-state index contributed by atoms with van der Waals surface area (Å²) in [6, 6.07) is 11.3. The molecular formula is C23H37NO. The van der Waals surface area contributed by atoms with Gasteiger partial charge in [-0.25, -0.2) is 0 Å². The largest absolute Gasteiger partial charge is 0.340 e. The molecule has 1 aromatic rings. The van der Waals surface area contributed by atoms with Crippen molar-refractivity contribution in [2.24, 2.45) is 5.92 Å². The number of carbonyl (C=O) groups excluding carboxylic acids is 1. The van der Waals surface area contributed by atoms with E-state index in [0.717, 1.165) is 25.8 Å². The summed E-state index contributed by atoms with van der Waals surface area (Å²) in [5, 5.41) is 0. The van der Waals surface area contributed by atoms with Crippen LogP contribution in [0, 0.1) is 5.92 Å². The van der Waals surface area contributed by atoms with Crippen LogP contribution in [0.25, 0.3) is 0 Å². The van der Waals surface area contributed by atoms with Crippen LogP contribution in [0.2, 0.25) is 0 Å². The molecule has 0 radical (unpaired) electrons. The number of hydrogen-bond donors (Lipinski definition) is 0. The van der Waals surface area contributed by atoms with Crippen molar-refractivity contribution >= 4 is 5.91 Å². The molecule has 0 bridgehead atoms. The Labute approximate surface area is 155 Å². The SMILES string of the molecule is CCCCCCCN1C(=O)CCCC1CCC(C)Cc1ccccc1. The second-order valence-corrected chi connectivity index (χ2v) is 7.92. The smallest absolute Gasteiger partial charge is 0.222 e. The quantitative estimate of drug-likeness (QED) is 0.451. The van der Waals surface area contributed by atoms with Gasteiger partial charge in [0.05, 0.1) is 0 Å². The molecule has 2 heteroatoms. The number of amides is 1. The van der Waals surface area contributed by atoms with Crippen LogP contribution in [0.15, 0.2) is 30.3 Å². The van der Waals surface area contributed by atoms with Crippen molar-refractivity contribution < 1.29 is 4.79 Å². The number of likely N-dealkylation sites (tertiary alicyclic amines) is 1. The van der Waals surface area contributed by atoms with Gasteiger partial charge in [0.15, 0.2) is 0 Å². The third-order valence-corrected chi connectivity index (χ3v) is 5.61. The van der Waals surface area contributed by atoms with Crippen LogP contribution in [0.3, 0.4) is 0 Å². The number of nitrogens with zero attached hydrogens (tertiary/aromatic N) is 1. The van der Waals surface area contributed by atoms with E-state index in [-0.39, 0.29) is 0 Å². The molecule has 1 aromatic carbocycles. The zero-order chi connectivity index (χ0) is 17.9. The highest BCUT2D eigenvalue weighted by Crippen LogP contribution is 2.25. The molecule has 0 aromatic heterocycles. The molecule has 2 unspecified atom stereocenters. The van der Waals surface area contributed by atoms with E-state index in [0.29, 0.717) is 17.9 Å². The van der Waals surface area contributed by atoms with E-state index in [9.17, 15) is 4.79 Å². The lowest BCUT2D eigenvalue weighted by molar-refractivity contribution is -0.136. The van der Waals surface area contributed by atoms with Crippen molar-refractivity contribution in [3.8, 4) is 0 Å². The molecule has 0 aliphatic carbocycles. The summed E-state index contributed by atoms with van der Waals surface area (Å²) in [6.45, 7) is 5.59. The molecule has 25 heavy (non-hydrogen) atoms. The van der Waals surface area contributed by atoms with Gasteiger partial charge in [-0.15, -0.1) is 0 Å². The van der Waals surface area contributed by atoms with Crippen LogP contribution in [0.5, 0.6) is 0 Å². The fourth-order valence-electron chi connectivity index (χ4n) is 4.08. The van der Waals surface area contributed by atoms with Gasteiger partial charge in [0.2, 0.25) is 5.91 Å². The third kappa shape index (κ3) is 7.22. The average Bonchev–Trinajstić information content (AvgIpc) is 2.62. The highest BCUT2D eigenvalue weighted by atomic mass is 16.2. The molecule has 0 spiro atoms. The van der Waals surface area contributed by atoms with E-state index in [1.54, 1.807) is 0 Å². The molecule has 2 nitrogen and oxygen atoms in total. The molecule has 2 atom stereocenters. The molecule has 1 aliphatic rings. The molecule has 1 aliphatic heterocycles. The first-order valence-corrected chi connectivity index (χ1v) is 10.5. The van der Waals surface area contributed by atoms with Gasteiger partial charge < -0.3 is 4.90 Å². The highest BCUT2D eigenvalue weighted by molar-refractivity contribution is 5.77. The Morgan fingerprint density at radius 1 is 1.12 bits per heavy atom. The van der Waals surface area contributed by atoms with Crippen LogP contribution >= 0.6 is 0 Å². The summed E-state index contributed by atoms with van der Waals surface area (Å²) in [4.78, 5) is 14.6. The first kappa shape index (κ1) is 20.0. The molecule has 1 amide bonds. The normalized spacial score (nSPS) is 19.2. The van der Waals surface area contributed by atoms with Crippen molar-refractivity contribution in [2.45, 2.75) is 90.5 Å². The Hall–Kier alpha value is -1.31. The molecular weight excluding hydrogens is 306 g/mol. The zero-order valence-corrected chi connectivity index (χ0v) is 16.4. The topological polar surface area (TPSA) is 20.3 Å². The Balaban J connectivity index is 1.75. The monoisotopic (exact) mass is 343 g/mol. The van der Waals surface area contributed by atoms with Crippen molar-refractivity contribution in [1.82, 2.24) is 4.90 Å². The summed E-state index contributed by atoms with van der Waals surface area (Å²) in [5.41, 5.74) is 1.43. The summed E-state index contributed by atoms with van der Waals surface area (Å²) < 4.78 is 0. The number of carbonyl (C=O) groups is 1. The Bertz CT molecular complexity index is 484. The maximum absolute atomic E-state index is 12.4. The van der Waals surface area contributed by atoms with E-state index in [1.165, 1.54) is 56.9 Å². The standard InChI is InChI=1S/C23H37NO/c1-3-4-5-6-10-18-24-22(14-11-15-23(24)25)17-16-20(2)19-21-12-8-7-9-13-21/h7-9,12-13,20,22H,3-6,10-11,14-19H2,1-2H3. The van der Waals surface area contributed by atoms with Crippen molar-refractivity contribution in [3.63, 3.8) is 0 Å². The lowest BCUT2D eigenvalue weighted by Crippen LogP contribution is -2.44. The van der Waals surface area contributed by atoms with Gasteiger partial charge in [0.25, 0.3) is 0 Å².